The molecule has 1 N–H and O–H groups in total. The lowest BCUT2D eigenvalue weighted by atomic mass is 9.78. The predicted octanol–water partition coefficient (Wildman–Crippen LogP) is 6.73. The number of hydrogen-bond donors (Lipinski definition) is 1. The van der Waals surface area contributed by atoms with Crippen molar-refractivity contribution in [1.82, 2.24) is 13.9 Å². The highest BCUT2D eigenvalue weighted by Crippen LogP contribution is 2.42. The van der Waals surface area contributed by atoms with E-state index in [1.54, 1.807) is 4.68 Å². The maximum Gasteiger partial charge on any atom is 0.297 e. The van der Waals surface area contributed by atoms with E-state index in [2.05, 4.69) is 70.2 Å². The van der Waals surface area contributed by atoms with Crippen molar-refractivity contribution in [3.8, 4) is 22.7 Å². The van der Waals surface area contributed by atoms with Gasteiger partial charge >= 0.3 is 0 Å². The van der Waals surface area contributed by atoms with Crippen LogP contribution in [0.5, 0.6) is 5.75 Å². The molecule has 0 saturated heterocycles. The monoisotopic (exact) mass is 530 g/mol. The van der Waals surface area contributed by atoms with E-state index in [9.17, 15) is 9.90 Å². The first-order valence-corrected chi connectivity index (χ1v) is 13.7. The van der Waals surface area contributed by atoms with Crippen LogP contribution in [-0.2, 0) is 24.4 Å². The van der Waals surface area contributed by atoms with E-state index in [0.717, 1.165) is 33.8 Å². The quantitative estimate of drug-likeness (QED) is 0.291. The number of aromatic nitrogens is 3. The molecule has 0 bridgehead atoms. The first-order valence-electron chi connectivity index (χ1n) is 12.8. The summed E-state index contributed by atoms with van der Waals surface area (Å²) in [5.41, 5.74) is 5.14. The minimum atomic E-state index is -0.240. The van der Waals surface area contributed by atoms with Gasteiger partial charge in [-0.05, 0) is 47.6 Å². The normalized spacial score (nSPS) is 12.8. The summed E-state index contributed by atoms with van der Waals surface area (Å²) in [5, 5.41) is 13.3. The van der Waals surface area contributed by atoms with E-state index in [4.69, 9.17) is 4.99 Å². The molecule has 0 aliphatic carbocycles. The third-order valence-electron chi connectivity index (χ3n) is 6.86. The Morgan fingerprint density at radius 1 is 1.03 bits per heavy atom. The summed E-state index contributed by atoms with van der Waals surface area (Å²) in [5.74, 6) is 0.352. The predicted molar refractivity (Wildman–Crippen MR) is 158 cm³/mol. The lowest BCUT2D eigenvalue weighted by molar-refractivity contribution is 0.423. The number of hydrogen-bond acceptors (Lipinski definition) is 4. The van der Waals surface area contributed by atoms with Gasteiger partial charge in [-0.15, -0.1) is 17.9 Å². The Hall–Kier alpha value is -3.58. The highest BCUT2D eigenvalue weighted by molar-refractivity contribution is 7.07. The fourth-order valence-corrected chi connectivity index (χ4v) is 5.58. The molecule has 2 aromatic heterocycles. The number of para-hydroxylation sites is 1. The fourth-order valence-electron chi connectivity index (χ4n) is 4.66. The second kappa shape index (κ2) is 9.95. The Balaban J connectivity index is 1.97. The zero-order chi connectivity index (χ0) is 28.0. The number of benzene rings is 2. The lowest BCUT2D eigenvalue weighted by Crippen LogP contribution is -2.20. The Labute approximate surface area is 228 Å². The van der Waals surface area contributed by atoms with Crippen LogP contribution in [0.1, 0.15) is 58.4 Å². The van der Waals surface area contributed by atoms with Gasteiger partial charge in [-0.2, -0.15) is 0 Å². The molecule has 0 atom stereocenters. The summed E-state index contributed by atoms with van der Waals surface area (Å²) in [6.45, 7) is 19.1. The molecule has 0 aliphatic rings. The van der Waals surface area contributed by atoms with E-state index in [1.807, 2.05) is 55.1 Å². The van der Waals surface area contributed by atoms with Crippen LogP contribution in [0.2, 0.25) is 0 Å². The van der Waals surface area contributed by atoms with Gasteiger partial charge in [0.05, 0.1) is 17.1 Å². The van der Waals surface area contributed by atoms with E-state index in [1.165, 1.54) is 11.3 Å². The minimum absolute atomic E-state index is 0.161. The molecule has 0 radical (unpaired) electrons. The van der Waals surface area contributed by atoms with Crippen LogP contribution < -0.4 is 10.4 Å². The molecule has 0 fully saturated rings. The number of nitrogens with zero attached hydrogens (tertiary/aromatic N) is 4. The van der Waals surface area contributed by atoms with Crippen LogP contribution in [0.3, 0.4) is 0 Å². The lowest BCUT2D eigenvalue weighted by Gasteiger charge is -2.28. The topological polar surface area (TPSA) is 64.4 Å². The average molecular weight is 531 g/mol. The number of allylic oxidation sites excluding steroid dienone is 1. The van der Waals surface area contributed by atoms with E-state index in [0.29, 0.717) is 22.8 Å². The summed E-state index contributed by atoms with van der Waals surface area (Å²) >= 11 is 1.49. The van der Waals surface area contributed by atoms with Crippen molar-refractivity contribution in [2.45, 2.75) is 65.8 Å². The van der Waals surface area contributed by atoms with Crippen molar-refractivity contribution in [3.05, 3.63) is 92.5 Å². The molecule has 0 unspecified atom stereocenters. The third-order valence-corrected chi connectivity index (χ3v) is 7.73. The van der Waals surface area contributed by atoms with E-state index < -0.39 is 0 Å². The van der Waals surface area contributed by atoms with Crippen LogP contribution >= 0.6 is 11.3 Å². The zero-order valence-electron chi connectivity index (χ0n) is 23.7. The molecule has 0 aliphatic heterocycles. The van der Waals surface area contributed by atoms with Gasteiger partial charge in [0.1, 0.15) is 5.75 Å². The highest BCUT2D eigenvalue weighted by atomic mass is 32.1. The maximum absolute atomic E-state index is 13.5. The zero-order valence-corrected chi connectivity index (χ0v) is 24.5. The first kappa shape index (κ1) is 27.5. The van der Waals surface area contributed by atoms with Crippen molar-refractivity contribution in [2.24, 2.45) is 12.0 Å². The maximum atomic E-state index is 13.5. The average Bonchev–Trinajstić information content (AvgIpc) is 3.32. The molecule has 0 saturated carbocycles. The van der Waals surface area contributed by atoms with E-state index in [-0.39, 0.29) is 16.4 Å². The molecule has 0 spiro atoms. The molecule has 4 aromatic rings. The van der Waals surface area contributed by atoms with Crippen molar-refractivity contribution >= 4 is 17.0 Å². The molecule has 4 rings (SSSR count). The molecule has 38 heavy (non-hydrogen) atoms. The number of aromatic hydroxyl groups is 1. The van der Waals surface area contributed by atoms with Crippen LogP contribution in [0.15, 0.2) is 70.3 Å². The summed E-state index contributed by atoms with van der Waals surface area (Å²) < 4.78 is 5.57. The van der Waals surface area contributed by atoms with Gasteiger partial charge in [0, 0.05) is 30.1 Å². The second-order valence-electron chi connectivity index (χ2n) is 11.7. The van der Waals surface area contributed by atoms with Gasteiger partial charge in [-0.1, -0.05) is 65.8 Å². The van der Waals surface area contributed by atoms with Gasteiger partial charge in [0.15, 0.2) is 10.5 Å². The fraction of sp³-hybridized carbons (Fsp3) is 0.355. The van der Waals surface area contributed by atoms with Crippen LogP contribution in [0, 0.1) is 6.92 Å². The van der Waals surface area contributed by atoms with Gasteiger partial charge in [0.2, 0.25) is 0 Å². The Morgan fingerprint density at radius 2 is 1.61 bits per heavy atom. The molecule has 2 aromatic carbocycles. The summed E-state index contributed by atoms with van der Waals surface area (Å²) in [6, 6.07) is 13.7. The molecule has 2 heterocycles. The molecule has 6 nitrogen and oxygen atoms in total. The number of phenolic OH excluding ortho intramolecular Hbond substituents is 1. The molecular weight excluding hydrogens is 492 g/mol. The van der Waals surface area contributed by atoms with Gasteiger partial charge < -0.3 is 9.67 Å². The third kappa shape index (κ3) is 4.95. The standard InChI is InChI=1S/C31H38N4O2S/c1-10-16-34-25(21-17-23(30(3,4)5)27(36)24(18-21)31(6,7)8)19-38-29(34)32-26-20(2)33(9)35(28(26)37)22-14-12-11-13-15-22/h10-15,17-19,36H,1,16H2,2-9H3. The molecule has 0 amide bonds. The van der Waals surface area contributed by atoms with Crippen molar-refractivity contribution in [1.29, 1.82) is 0 Å². The first-order chi connectivity index (χ1) is 17.8. The smallest absolute Gasteiger partial charge is 0.297 e. The van der Waals surface area contributed by atoms with Crippen LogP contribution in [0.4, 0.5) is 5.69 Å². The SMILES string of the molecule is C=CCn1c(-c2cc(C(C)(C)C)c(O)c(C(C)(C)C)c2)csc1=Nc1c(C)n(C)n(-c2ccccc2)c1=O. The van der Waals surface area contributed by atoms with E-state index >= 15 is 0 Å². The minimum Gasteiger partial charge on any atom is -0.507 e. The summed E-state index contributed by atoms with van der Waals surface area (Å²) in [7, 11) is 1.87. The number of thiazole rings is 1. The second-order valence-corrected chi connectivity index (χ2v) is 12.6. The van der Waals surface area contributed by atoms with Crippen LogP contribution in [-0.4, -0.2) is 19.0 Å². The summed E-state index contributed by atoms with van der Waals surface area (Å²) in [4.78, 5) is 19.1. The summed E-state index contributed by atoms with van der Waals surface area (Å²) in [6.07, 6.45) is 1.84. The molecule has 200 valence electrons. The van der Waals surface area contributed by atoms with Crippen molar-refractivity contribution < 1.29 is 5.11 Å². The van der Waals surface area contributed by atoms with Gasteiger partial charge in [0.25, 0.3) is 5.56 Å². The Kier molecular flexibility index (Phi) is 7.19. The Bertz CT molecular complexity index is 1580. The molecule has 7 heteroatoms. The Morgan fingerprint density at radius 3 is 2.13 bits per heavy atom. The number of rotatable bonds is 5. The van der Waals surface area contributed by atoms with Crippen molar-refractivity contribution in [3.63, 3.8) is 0 Å². The highest BCUT2D eigenvalue weighted by Gasteiger charge is 2.27. The van der Waals surface area contributed by atoms with Gasteiger partial charge in [-0.25, -0.2) is 9.67 Å². The largest absolute Gasteiger partial charge is 0.507 e. The van der Waals surface area contributed by atoms with Gasteiger partial charge in [-0.3, -0.25) is 9.48 Å². The number of phenols is 1. The molecular formula is C31H38N4O2S. The van der Waals surface area contributed by atoms with Crippen LogP contribution in [0.25, 0.3) is 16.9 Å². The van der Waals surface area contributed by atoms with Crippen molar-refractivity contribution in [2.75, 3.05) is 0 Å².